The van der Waals surface area contributed by atoms with Gasteiger partial charge in [0.2, 0.25) is 5.91 Å². The van der Waals surface area contributed by atoms with Crippen LogP contribution < -0.4 is 10.2 Å². The van der Waals surface area contributed by atoms with E-state index in [0.29, 0.717) is 37.4 Å². The van der Waals surface area contributed by atoms with Crippen molar-refractivity contribution in [3.63, 3.8) is 0 Å². The number of hydrogen-bond acceptors (Lipinski definition) is 5. The molecular formula is C24H29F9N4O3. The molecule has 1 aromatic carbocycles. The van der Waals surface area contributed by atoms with Crippen molar-refractivity contribution >= 4 is 17.7 Å². The number of ether oxygens (including phenoxy) is 1. The molecule has 16 heteroatoms. The van der Waals surface area contributed by atoms with E-state index in [4.69, 9.17) is 0 Å². The minimum Gasteiger partial charge on any atom is -0.426 e. The fourth-order valence-corrected chi connectivity index (χ4v) is 4.61. The molecule has 3 rings (SSSR count). The molecule has 2 heterocycles. The normalized spacial score (nSPS) is 18.8. The summed E-state index contributed by atoms with van der Waals surface area (Å²) in [4.78, 5) is 27.8. The van der Waals surface area contributed by atoms with Gasteiger partial charge in [-0.1, -0.05) is 6.07 Å². The van der Waals surface area contributed by atoms with Crippen LogP contribution >= 0.6 is 0 Å². The van der Waals surface area contributed by atoms with Crippen LogP contribution in [0.1, 0.15) is 37.8 Å². The molecule has 2 aliphatic heterocycles. The molecule has 0 aromatic heterocycles. The Kier molecular flexibility index (Phi) is 9.11. The average Bonchev–Trinajstić information content (AvgIpc) is 2.84. The van der Waals surface area contributed by atoms with Crippen molar-refractivity contribution in [2.45, 2.75) is 63.4 Å². The van der Waals surface area contributed by atoms with Crippen molar-refractivity contribution in [1.82, 2.24) is 15.1 Å². The van der Waals surface area contributed by atoms with Gasteiger partial charge in [-0.2, -0.15) is 39.5 Å². The summed E-state index contributed by atoms with van der Waals surface area (Å²) in [5.74, 6) is -0.138. The molecule has 40 heavy (non-hydrogen) atoms. The first kappa shape index (κ1) is 31.6. The molecule has 1 N–H and O–H groups in total. The van der Waals surface area contributed by atoms with Gasteiger partial charge in [0.05, 0.1) is 5.56 Å². The van der Waals surface area contributed by atoms with Crippen molar-refractivity contribution in [2.24, 2.45) is 0 Å². The first-order valence-corrected chi connectivity index (χ1v) is 12.3. The molecule has 0 bridgehead atoms. The Hall–Kier alpha value is -2.91. The van der Waals surface area contributed by atoms with Crippen molar-refractivity contribution in [2.75, 3.05) is 44.2 Å². The van der Waals surface area contributed by atoms with Gasteiger partial charge < -0.3 is 24.8 Å². The number of nitrogens with zero attached hydrogens (tertiary/aromatic N) is 3. The average molecular weight is 593 g/mol. The van der Waals surface area contributed by atoms with E-state index >= 15 is 0 Å². The zero-order valence-corrected chi connectivity index (χ0v) is 21.6. The van der Waals surface area contributed by atoms with Gasteiger partial charge in [0, 0.05) is 64.0 Å². The van der Waals surface area contributed by atoms with E-state index in [9.17, 15) is 49.1 Å². The number of anilines is 1. The molecule has 1 aromatic rings. The number of carbonyl (C=O) groups excluding carboxylic acids is 2. The van der Waals surface area contributed by atoms with E-state index in [-0.39, 0.29) is 38.4 Å². The number of likely N-dealkylation sites (tertiary alicyclic amines) is 1. The molecule has 0 atom stereocenters. The number of amides is 2. The standard InChI is InChI=1S/C24H29F9N4O3/c1-15(38)35-9-11-36(12-10-35)18-13-17(22(25,26)27)4-3-16(18)14-34-21(2)5-7-37(8-6-21)20(39)40-19(23(28,29)30)24(31,32)33/h3-4,13,19,34H,5-12,14H2,1-2H3. The number of benzene rings is 1. The zero-order valence-electron chi connectivity index (χ0n) is 21.6. The largest absolute Gasteiger partial charge is 0.434 e. The van der Waals surface area contributed by atoms with E-state index in [1.54, 1.807) is 16.7 Å². The minimum absolute atomic E-state index is 0.103. The van der Waals surface area contributed by atoms with Crippen molar-refractivity contribution in [3.05, 3.63) is 29.3 Å². The summed E-state index contributed by atoms with van der Waals surface area (Å²) in [5.41, 5.74) is -0.697. The third-order valence-corrected chi connectivity index (χ3v) is 7.12. The van der Waals surface area contributed by atoms with Gasteiger partial charge in [-0.25, -0.2) is 4.79 Å². The molecule has 0 unspecified atom stereocenters. The molecular weight excluding hydrogens is 563 g/mol. The summed E-state index contributed by atoms with van der Waals surface area (Å²) >= 11 is 0. The second kappa shape index (κ2) is 11.5. The van der Waals surface area contributed by atoms with Gasteiger partial charge >= 0.3 is 24.6 Å². The van der Waals surface area contributed by atoms with E-state index < -0.39 is 41.8 Å². The highest BCUT2D eigenvalue weighted by molar-refractivity contribution is 5.73. The first-order chi connectivity index (χ1) is 18.3. The Morgan fingerprint density at radius 2 is 1.45 bits per heavy atom. The second-order valence-electron chi connectivity index (χ2n) is 10.1. The lowest BCUT2D eigenvalue weighted by atomic mass is 9.89. The van der Waals surface area contributed by atoms with Crippen LogP contribution in [0.3, 0.4) is 0 Å². The number of piperazine rings is 1. The number of alkyl halides is 9. The highest BCUT2D eigenvalue weighted by atomic mass is 19.4. The van der Waals surface area contributed by atoms with Crippen LogP contribution in [0.5, 0.6) is 0 Å². The highest BCUT2D eigenvalue weighted by Crippen LogP contribution is 2.37. The van der Waals surface area contributed by atoms with E-state index in [1.807, 2.05) is 0 Å². The zero-order chi connectivity index (χ0) is 30.1. The fourth-order valence-electron chi connectivity index (χ4n) is 4.61. The monoisotopic (exact) mass is 592 g/mol. The minimum atomic E-state index is -5.82. The smallest absolute Gasteiger partial charge is 0.426 e. The van der Waals surface area contributed by atoms with Crippen molar-refractivity contribution < 1.29 is 53.8 Å². The Bertz CT molecular complexity index is 1050. The maximum Gasteiger partial charge on any atom is 0.434 e. The molecule has 226 valence electrons. The quantitative estimate of drug-likeness (QED) is 0.491. The molecule has 7 nitrogen and oxygen atoms in total. The third kappa shape index (κ3) is 7.85. The lowest BCUT2D eigenvalue weighted by molar-refractivity contribution is -0.308. The summed E-state index contributed by atoms with van der Waals surface area (Å²) in [5, 5.41) is 3.22. The summed E-state index contributed by atoms with van der Waals surface area (Å²) in [6, 6.07) is 3.33. The number of halogens is 9. The van der Waals surface area contributed by atoms with Crippen LogP contribution in [0, 0.1) is 0 Å². The SMILES string of the molecule is CC(=O)N1CCN(c2cc(C(F)(F)F)ccc2CNC2(C)CCN(C(=O)OC(C(F)(F)F)C(F)(F)F)CC2)CC1. The Morgan fingerprint density at radius 3 is 1.93 bits per heavy atom. The van der Waals surface area contributed by atoms with Crippen molar-refractivity contribution in [3.8, 4) is 0 Å². The van der Waals surface area contributed by atoms with Crippen LogP contribution in [0.4, 0.5) is 50.0 Å². The maximum atomic E-state index is 13.4. The van der Waals surface area contributed by atoms with E-state index in [0.717, 1.165) is 17.0 Å². The second-order valence-corrected chi connectivity index (χ2v) is 10.1. The Labute approximate surface area is 224 Å². The molecule has 2 aliphatic rings. The third-order valence-electron chi connectivity index (χ3n) is 7.12. The predicted octanol–water partition coefficient (Wildman–Crippen LogP) is 4.95. The lowest BCUT2D eigenvalue weighted by Gasteiger charge is -2.41. The Balaban J connectivity index is 1.66. The van der Waals surface area contributed by atoms with E-state index in [2.05, 4.69) is 10.1 Å². The molecule has 0 saturated carbocycles. The van der Waals surface area contributed by atoms with Crippen LogP contribution in [0.2, 0.25) is 0 Å². The Morgan fingerprint density at radius 1 is 0.900 bits per heavy atom. The lowest BCUT2D eigenvalue weighted by Crippen LogP contribution is -2.54. The molecule has 2 amide bonds. The molecule has 0 spiro atoms. The molecule has 0 radical (unpaired) electrons. The number of rotatable bonds is 5. The van der Waals surface area contributed by atoms with Gasteiger partial charge in [-0.15, -0.1) is 0 Å². The molecule has 2 saturated heterocycles. The highest BCUT2D eigenvalue weighted by Gasteiger charge is 2.60. The fraction of sp³-hybridized carbons (Fsp3) is 0.667. The van der Waals surface area contributed by atoms with Gasteiger partial charge in [-0.3, -0.25) is 4.79 Å². The number of nitrogens with one attached hydrogen (secondary N) is 1. The van der Waals surface area contributed by atoms with Gasteiger partial charge in [-0.05, 0) is 37.5 Å². The van der Waals surface area contributed by atoms with Crippen molar-refractivity contribution in [1.29, 1.82) is 0 Å². The van der Waals surface area contributed by atoms with Gasteiger partial charge in [0.1, 0.15) is 0 Å². The maximum absolute atomic E-state index is 13.4. The summed E-state index contributed by atoms with van der Waals surface area (Å²) in [6.07, 6.45) is -21.9. The molecule has 2 fully saturated rings. The van der Waals surface area contributed by atoms with Crippen LogP contribution in [-0.2, 0) is 22.3 Å². The summed E-state index contributed by atoms with van der Waals surface area (Å²) in [6.45, 7) is 4.17. The van der Waals surface area contributed by atoms with E-state index in [1.165, 1.54) is 13.0 Å². The van der Waals surface area contributed by atoms with Gasteiger partial charge in [0.15, 0.2) is 0 Å². The van der Waals surface area contributed by atoms with Crippen LogP contribution in [-0.4, -0.2) is 85.1 Å². The summed E-state index contributed by atoms with van der Waals surface area (Å²) < 4.78 is 120. The van der Waals surface area contributed by atoms with Crippen LogP contribution in [0.15, 0.2) is 18.2 Å². The molecule has 0 aliphatic carbocycles. The van der Waals surface area contributed by atoms with Crippen LogP contribution in [0.25, 0.3) is 0 Å². The topological polar surface area (TPSA) is 65.1 Å². The number of piperidine rings is 1. The number of hydrogen-bond donors (Lipinski definition) is 1. The predicted molar refractivity (Wildman–Crippen MR) is 124 cm³/mol. The number of carbonyl (C=O) groups is 2. The first-order valence-electron chi connectivity index (χ1n) is 12.3. The summed E-state index contributed by atoms with van der Waals surface area (Å²) in [7, 11) is 0. The van der Waals surface area contributed by atoms with Gasteiger partial charge in [0.25, 0.3) is 6.10 Å².